The van der Waals surface area contributed by atoms with Gasteiger partial charge in [0.1, 0.15) is 5.75 Å². The molecule has 0 fully saturated rings. The number of nitrogens with one attached hydrogen (secondary N) is 1. The molecule has 0 aliphatic carbocycles. The first kappa shape index (κ1) is 11.9. The Labute approximate surface area is 97.4 Å². The predicted molar refractivity (Wildman–Crippen MR) is 64.6 cm³/mol. The van der Waals surface area contributed by atoms with E-state index in [9.17, 15) is 4.79 Å². The van der Waals surface area contributed by atoms with Gasteiger partial charge in [-0.3, -0.25) is 4.79 Å². The van der Waals surface area contributed by atoms with Crippen molar-refractivity contribution in [1.82, 2.24) is 5.32 Å². The standard InChI is InChI=1S/C9H12N2O2S2/c1-5(8(10)14)11-9(12)7-3-6(13-2)4-15-7/h3-5H,1-2H3,(H2,10,14)(H,11,12). The molecule has 0 saturated heterocycles. The van der Waals surface area contributed by atoms with Gasteiger partial charge >= 0.3 is 0 Å². The van der Waals surface area contributed by atoms with Crippen LogP contribution in [0.25, 0.3) is 0 Å². The van der Waals surface area contributed by atoms with Crippen LogP contribution in [0.1, 0.15) is 16.6 Å². The summed E-state index contributed by atoms with van der Waals surface area (Å²) >= 11 is 6.07. The van der Waals surface area contributed by atoms with Crippen molar-refractivity contribution in [3.8, 4) is 5.75 Å². The van der Waals surface area contributed by atoms with E-state index < -0.39 is 0 Å². The Balaban J connectivity index is 2.65. The Morgan fingerprint density at radius 1 is 1.73 bits per heavy atom. The quantitative estimate of drug-likeness (QED) is 0.780. The fourth-order valence-corrected chi connectivity index (χ4v) is 1.70. The molecule has 6 heteroatoms. The van der Waals surface area contributed by atoms with Gasteiger partial charge in [0, 0.05) is 11.4 Å². The van der Waals surface area contributed by atoms with Crippen LogP contribution in [-0.2, 0) is 0 Å². The minimum atomic E-state index is -0.305. The van der Waals surface area contributed by atoms with Gasteiger partial charge in [-0.05, 0) is 6.92 Å². The van der Waals surface area contributed by atoms with E-state index in [1.54, 1.807) is 25.5 Å². The summed E-state index contributed by atoms with van der Waals surface area (Å²) in [6.07, 6.45) is 0. The Morgan fingerprint density at radius 3 is 2.87 bits per heavy atom. The second-order valence-corrected chi connectivity index (χ2v) is 4.33. The summed E-state index contributed by atoms with van der Waals surface area (Å²) in [6.45, 7) is 1.74. The van der Waals surface area contributed by atoms with Gasteiger partial charge in [0.05, 0.1) is 23.0 Å². The number of methoxy groups -OCH3 is 1. The highest BCUT2D eigenvalue weighted by Crippen LogP contribution is 2.20. The number of thiophene rings is 1. The van der Waals surface area contributed by atoms with Gasteiger partial charge in [-0.25, -0.2) is 0 Å². The van der Waals surface area contributed by atoms with E-state index >= 15 is 0 Å². The lowest BCUT2D eigenvalue weighted by molar-refractivity contribution is 0.0953. The molecule has 1 heterocycles. The number of carbonyl (C=O) groups is 1. The molecule has 0 radical (unpaired) electrons. The van der Waals surface area contributed by atoms with Gasteiger partial charge in [-0.15, -0.1) is 11.3 Å². The molecule has 82 valence electrons. The van der Waals surface area contributed by atoms with E-state index in [0.29, 0.717) is 10.6 Å². The zero-order valence-electron chi connectivity index (χ0n) is 8.44. The van der Waals surface area contributed by atoms with Crippen molar-refractivity contribution >= 4 is 34.5 Å². The zero-order valence-corrected chi connectivity index (χ0v) is 10.1. The van der Waals surface area contributed by atoms with Crippen molar-refractivity contribution in [2.75, 3.05) is 7.11 Å². The van der Waals surface area contributed by atoms with Gasteiger partial charge in [-0.2, -0.15) is 0 Å². The van der Waals surface area contributed by atoms with Crippen LogP contribution in [-0.4, -0.2) is 24.0 Å². The van der Waals surface area contributed by atoms with E-state index in [1.165, 1.54) is 11.3 Å². The van der Waals surface area contributed by atoms with E-state index in [4.69, 9.17) is 22.7 Å². The Kier molecular flexibility index (Phi) is 4.05. The fraction of sp³-hybridized carbons (Fsp3) is 0.333. The summed E-state index contributed by atoms with van der Waals surface area (Å²) in [4.78, 5) is 12.5. The average molecular weight is 244 g/mol. The molecule has 0 bridgehead atoms. The Bertz CT molecular complexity index is 376. The van der Waals surface area contributed by atoms with Gasteiger partial charge in [0.15, 0.2) is 0 Å². The molecule has 1 aromatic rings. The summed E-state index contributed by atoms with van der Waals surface area (Å²) in [5.74, 6) is 0.483. The topological polar surface area (TPSA) is 64.3 Å². The van der Waals surface area contributed by atoms with Crippen molar-refractivity contribution in [1.29, 1.82) is 0 Å². The summed E-state index contributed by atoms with van der Waals surface area (Å²) in [6, 6.07) is 1.37. The highest BCUT2D eigenvalue weighted by atomic mass is 32.1. The fourth-order valence-electron chi connectivity index (χ4n) is 0.884. The number of rotatable bonds is 4. The number of nitrogens with two attached hydrogens (primary N) is 1. The lowest BCUT2D eigenvalue weighted by Crippen LogP contribution is -2.40. The van der Waals surface area contributed by atoms with E-state index in [0.717, 1.165) is 0 Å². The number of hydrogen-bond acceptors (Lipinski definition) is 4. The lowest BCUT2D eigenvalue weighted by atomic mass is 10.3. The van der Waals surface area contributed by atoms with Crippen LogP contribution in [0.4, 0.5) is 0 Å². The number of carbonyl (C=O) groups excluding carboxylic acids is 1. The van der Waals surface area contributed by atoms with Crippen LogP contribution in [0.15, 0.2) is 11.4 Å². The monoisotopic (exact) mass is 244 g/mol. The van der Waals surface area contributed by atoms with E-state index in [1.807, 2.05) is 0 Å². The first-order chi connectivity index (χ1) is 7.04. The molecule has 1 atom stereocenters. The summed E-state index contributed by atoms with van der Waals surface area (Å²) < 4.78 is 4.98. The van der Waals surface area contributed by atoms with E-state index in [-0.39, 0.29) is 16.9 Å². The maximum absolute atomic E-state index is 11.6. The summed E-state index contributed by atoms with van der Waals surface area (Å²) in [5, 5.41) is 4.45. The number of hydrogen-bond donors (Lipinski definition) is 2. The minimum Gasteiger partial charge on any atom is -0.496 e. The largest absolute Gasteiger partial charge is 0.496 e. The molecule has 1 aromatic heterocycles. The van der Waals surface area contributed by atoms with Gasteiger partial charge in [-0.1, -0.05) is 12.2 Å². The van der Waals surface area contributed by atoms with Gasteiger partial charge < -0.3 is 15.8 Å². The summed E-state index contributed by atoms with van der Waals surface area (Å²) in [5.41, 5.74) is 5.39. The number of amides is 1. The molecule has 0 saturated carbocycles. The molecule has 15 heavy (non-hydrogen) atoms. The number of ether oxygens (including phenoxy) is 1. The van der Waals surface area contributed by atoms with E-state index in [2.05, 4.69) is 5.32 Å². The average Bonchev–Trinajstić information content (AvgIpc) is 2.65. The third-order valence-corrected chi connectivity index (χ3v) is 3.07. The van der Waals surface area contributed by atoms with Crippen LogP contribution >= 0.6 is 23.6 Å². The minimum absolute atomic E-state index is 0.191. The Morgan fingerprint density at radius 2 is 2.40 bits per heavy atom. The van der Waals surface area contributed by atoms with Crippen molar-refractivity contribution in [2.24, 2.45) is 5.73 Å². The second kappa shape index (κ2) is 5.09. The molecule has 3 N–H and O–H groups in total. The van der Waals surface area contributed by atoms with Gasteiger partial charge in [0.25, 0.3) is 5.91 Å². The Hall–Kier alpha value is -1.14. The smallest absolute Gasteiger partial charge is 0.262 e. The van der Waals surface area contributed by atoms with Crippen molar-refractivity contribution in [3.05, 3.63) is 16.3 Å². The number of thiocarbonyl (C=S) groups is 1. The molecule has 4 nitrogen and oxygen atoms in total. The highest BCUT2D eigenvalue weighted by molar-refractivity contribution is 7.80. The molecule has 1 rings (SSSR count). The SMILES string of the molecule is COc1csc(C(=O)NC(C)C(N)=S)c1. The second-order valence-electron chi connectivity index (χ2n) is 2.95. The zero-order chi connectivity index (χ0) is 11.4. The van der Waals surface area contributed by atoms with Crippen LogP contribution in [0, 0.1) is 0 Å². The van der Waals surface area contributed by atoms with Crippen LogP contribution in [0.2, 0.25) is 0 Å². The third-order valence-electron chi connectivity index (χ3n) is 1.81. The first-order valence-corrected chi connectivity index (χ1v) is 5.56. The lowest BCUT2D eigenvalue weighted by Gasteiger charge is -2.10. The molecule has 0 spiro atoms. The molecule has 0 aromatic carbocycles. The van der Waals surface area contributed by atoms with Gasteiger partial charge in [0.2, 0.25) is 0 Å². The van der Waals surface area contributed by atoms with Crippen molar-refractivity contribution < 1.29 is 9.53 Å². The normalized spacial score (nSPS) is 11.9. The van der Waals surface area contributed by atoms with Crippen LogP contribution < -0.4 is 15.8 Å². The molecule has 0 aliphatic heterocycles. The van der Waals surface area contributed by atoms with Crippen LogP contribution in [0.3, 0.4) is 0 Å². The molecular weight excluding hydrogens is 232 g/mol. The van der Waals surface area contributed by atoms with Crippen LogP contribution in [0.5, 0.6) is 5.75 Å². The molecule has 0 aliphatic rings. The maximum atomic E-state index is 11.6. The molecule has 1 unspecified atom stereocenters. The summed E-state index contributed by atoms with van der Waals surface area (Å²) in [7, 11) is 1.56. The maximum Gasteiger partial charge on any atom is 0.262 e. The molecule has 1 amide bonds. The highest BCUT2D eigenvalue weighted by Gasteiger charge is 2.13. The predicted octanol–water partition coefficient (Wildman–Crippen LogP) is 1.16. The van der Waals surface area contributed by atoms with Crippen molar-refractivity contribution in [2.45, 2.75) is 13.0 Å². The van der Waals surface area contributed by atoms with Crippen molar-refractivity contribution in [3.63, 3.8) is 0 Å². The molecular formula is C9H12N2O2S2. The first-order valence-electron chi connectivity index (χ1n) is 4.27. The third kappa shape index (κ3) is 3.17.